The molecule has 1 saturated carbocycles. The van der Waals surface area contributed by atoms with Gasteiger partial charge in [0.2, 0.25) is 0 Å². The summed E-state index contributed by atoms with van der Waals surface area (Å²) < 4.78 is 0. The van der Waals surface area contributed by atoms with Crippen molar-refractivity contribution < 1.29 is 0 Å². The van der Waals surface area contributed by atoms with E-state index in [2.05, 4.69) is 30.1 Å². The fourth-order valence-corrected chi connectivity index (χ4v) is 4.17. The summed E-state index contributed by atoms with van der Waals surface area (Å²) in [6, 6.07) is 3.65. The third-order valence-corrected chi connectivity index (χ3v) is 5.11. The fraction of sp³-hybridized carbons (Fsp3) is 0.941. The number of nitrogens with zero attached hydrogens (tertiary/aromatic N) is 2. The van der Waals surface area contributed by atoms with Gasteiger partial charge < -0.3 is 4.90 Å². The van der Waals surface area contributed by atoms with E-state index in [4.69, 9.17) is 0 Å². The smallest absolute Gasteiger partial charge is 0.105 e. The Labute approximate surface area is 124 Å². The molecule has 1 aliphatic heterocycles. The van der Waals surface area contributed by atoms with E-state index in [0.717, 1.165) is 24.9 Å². The molecule has 0 bridgehead atoms. The summed E-state index contributed by atoms with van der Waals surface area (Å²) >= 11 is 0. The van der Waals surface area contributed by atoms with E-state index in [1.54, 1.807) is 0 Å². The van der Waals surface area contributed by atoms with Crippen molar-refractivity contribution in [3.05, 3.63) is 0 Å². The molecule has 0 radical (unpaired) electrons. The number of likely N-dealkylation sites (tertiary alicyclic amines) is 1. The first-order chi connectivity index (χ1) is 9.54. The van der Waals surface area contributed by atoms with Crippen molar-refractivity contribution in [2.75, 3.05) is 13.1 Å². The highest BCUT2D eigenvalue weighted by atomic mass is 15.2. The van der Waals surface area contributed by atoms with Gasteiger partial charge in [0.25, 0.3) is 0 Å². The number of hydrogen-bond donors (Lipinski definition) is 1. The summed E-state index contributed by atoms with van der Waals surface area (Å²) in [6.07, 6.45) is 9.39. The number of nitrogens with one attached hydrogen (secondary N) is 1. The molecule has 114 valence electrons. The Morgan fingerprint density at radius 2 is 1.95 bits per heavy atom. The van der Waals surface area contributed by atoms with Gasteiger partial charge in [0.1, 0.15) is 5.54 Å². The van der Waals surface area contributed by atoms with Crippen LogP contribution >= 0.6 is 0 Å². The van der Waals surface area contributed by atoms with Crippen LogP contribution in [-0.4, -0.2) is 35.6 Å². The highest BCUT2D eigenvalue weighted by molar-refractivity contribution is 5.05. The van der Waals surface area contributed by atoms with Crippen molar-refractivity contribution in [2.24, 2.45) is 5.92 Å². The maximum atomic E-state index is 9.45. The van der Waals surface area contributed by atoms with Crippen molar-refractivity contribution >= 4 is 0 Å². The lowest BCUT2D eigenvalue weighted by Gasteiger charge is -2.33. The maximum absolute atomic E-state index is 9.45. The molecule has 0 aromatic heterocycles. The first-order valence-electron chi connectivity index (χ1n) is 8.47. The number of hydrogen-bond acceptors (Lipinski definition) is 3. The molecule has 2 unspecified atom stereocenters. The van der Waals surface area contributed by atoms with Crippen LogP contribution in [0.3, 0.4) is 0 Å². The highest BCUT2D eigenvalue weighted by Gasteiger charge is 2.34. The van der Waals surface area contributed by atoms with E-state index in [1.807, 2.05) is 6.92 Å². The molecule has 1 N–H and O–H groups in total. The quantitative estimate of drug-likeness (QED) is 0.809. The molecular weight excluding hydrogens is 246 g/mol. The van der Waals surface area contributed by atoms with Gasteiger partial charge in [-0.25, -0.2) is 0 Å². The van der Waals surface area contributed by atoms with E-state index < -0.39 is 0 Å². The molecule has 3 heteroatoms. The molecule has 2 rings (SSSR count). The molecule has 1 saturated heterocycles. The van der Waals surface area contributed by atoms with Crippen LogP contribution < -0.4 is 5.32 Å². The Kier molecular flexibility index (Phi) is 5.46. The number of rotatable bonds is 6. The van der Waals surface area contributed by atoms with Gasteiger partial charge in [0.05, 0.1) is 6.07 Å². The lowest BCUT2D eigenvalue weighted by molar-refractivity contribution is 0.175. The summed E-state index contributed by atoms with van der Waals surface area (Å²) in [5.74, 6) is 0.934. The first-order valence-corrected chi connectivity index (χ1v) is 8.47. The molecule has 1 aliphatic carbocycles. The zero-order valence-corrected chi connectivity index (χ0v) is 13.5. The van der Waals surface area contributed by atoms with Gasteiger partial charge in [-0.3, -0.25) is 5.32 Å². The van der Waals surface area contributed by atoms with Gasteiger partial charge in [-0.2, -0.15) is 5.26 Å². The summed E-state index contributed by atoms with van der Waals surface area (Å²) in [7, 11) is 0. The van der Waals surface area contributed by atoms with Crippen LogP contribution in [0.25, 0.3) is 0 Å². The second-order valence-corrected chi connectivity index (χ2v) is 7.28. The summed E-state index contributed by atoms with van der Waals surface area (Å²) in [5, 5.41) is 12.9. The van der Waals surface area contributed by atoms with Crippen molar-refractivity contribution in [3.63, 3.8) is 0 Å². The molecule has 0 spiro atoms. The van der Waals surface area contributed by atoms with E-state index >= 15 is 0 Å². The lowest BCUT2D eigenvalue weighted by Crippen LogP contribution is -2.48. The molecular formula is C17H31N3. The van der Waals surface area contributed by atoms with Crippen molar-refractivity contribution in [1.29, 1.82) is 5.26 Å². The van der Waals surface area contributed by atoms with Crippen molar-refractivity contribution in [1.82, 2.24) is 10.2 Å². The van der Waals surface area contributed by atoms with Gasteiger partial charge in [-0.15, -0.1) is 0 Å². The Morgan fingerprint density at radius 3 is 2.55 bits per heavy atom. The first kappa shape index (κ1) is 15.8. The molecule has 0 aromatic carbocycles. The van der Waals surface area contributed by atoms with E-state index in [-0.39, 0.29) is 5.54 Å². The van der Waals surface area contributed by atoms with Gasteiger partial charge in [-0.05, 0) is 65.3 Å². The predicted molar refractivity (Wildman–Crippen MR) is 83.5 cm³/mol. The summed E-state index contributed by atoms with van der Waals surface area (Å²) in [4.78, 5) is 2.67. The Hall–Kier alpha value is -0.590. The molecule has 2 aliphatic rings. The SMILES string of the molecule is CC(C)NC(C)(C#N)CCN1CCCC1C1CCCC1. The maximum Gasteiger partial charge on any atom is 0.105 e. The van der Waals surface area contributed by atoms with Crippen molar-refractivity contribution in [3.8, 4) is 6.07 Å². The second-order valence-electron chi connectivity index (χ2n) is 7.28. The molecule has 1 heterocycles. The van der Waals surface area contributed by atoms with Gasteiger partial charge in [-0.1, -0.05) is 12.8 Å². The number of nitriles is 1. The van der Waals surface area contributed by atoms with Crippen LogP contribution in [0, 0.1) is 17.2 Å². The van der Waals surface area contributed by atoms with Gasteiger partial charge >= 0.3 is 0 Å². The lowest BCUT2D eigenvalue weighted by atomic mass is 9.94. The summed E-state index contributed by atoms with van der Waals surface area (Å²) in [5.41, 5.74) is -0.378. The Morgan fingerprint density at radius 1 is 1.25 bits per heavy atom. The minimum Gasteiger partial charge on any atom is -0.300 e. The standard InChI is InChI=1S/C17H31N3/c1-14(2)19-17(3,13-18)10-12-20-11-6-9-16(20)15-7-4-5-8-15/h14-16,19H,4-12H2,1-3H3. The predicted octanol–water partition coefficient (Wildman–Crippen LogP) is 3.31. The van der Waals surface area contributed by atoms with Crippen LogP contribution in [0.2, 0.25) is 0 Å². The average molecular weight is 277 g/mol. The third kappa shape index (κ3) is 3.96. The van der Waals surface area contributed by atoms with Crippen molar-refractivity contribution in [2.45, 2.75) is 83.3 Å². The van der Waals surface area contributed by atoms with E-state index in [0.29, 0.717) is 6.04 Å². The minimum absolute atomic E-state index is 0.365. The Bertz CT molecular complexity index is 341. The molecule has 20 heavy (non-hydrogen) atoms. The van der Waals surface area contributed by atoms with Gasteiger partial charge in [0, 0.05) is 18.6 Å². The molecule has 0 aromatic rings. The van der Waals surface area contributed by atoms with Crippen LogP contribution in [0.1, 0.15) is 65.7 Å². The normalized spacial score (nSPS) is 27.9. The van der Waals surface area contributed by atoms with Crippen LogP contribution in [0.4, 0.5) is 0 Å². The zero-order chi connectivity index (χ0) is 14.6. The molecule has 2 fully saturated rings. The molecule has 3 nitrogen and oxygen atoms in total. The largest absolute Gasteiger partial charge is 0.300 e. The van der Waals surface area contributed by atoms with Crippen LogP contribution in [-0.2, 0) is 0 Å². The van der Waals surface area contributed by atoms with Crippen LogP contribution in [0.15, 0.2) is 0 Å². The second kappa shape index (κ2) is 6.91. The van der Waals surface area contributed by atoms with E-state index in [9.17, 15) is 5.26 Å². The highest BCUT2D eigenvalue weighted by Crippen LogP contribution is 2.35. The summed E-state index contributed by atoms with van der Waals surface area (Å²) in [6.45, 7) is 8.60. The molecule has 0 amide bonds. The molecule has 2 atom stereocenters. The minimum atomic E-state index is -0.378. The third-order valence-electron chi connectivity index (χ3n) is 5.11. The van der Waals surface area contributed by atoms with E-state index in [1.165, 1.54) is 45.1 Å². The monoisotopic (exact) mass is 277 g/mol. The fourth-order valence-electron chi connectivity index (χ4n) is 4.17. The average Bonchev–Trinajstić information content (AvgIpc) is 3.06. The van der Waals surface area contributed by atoms with Gasteiger partial charge in [0.15, 0.2) is 0 Å². The zero-order valence-electron chi connectivity index (χ0n) is 13.5. The van der Waals surface area contributed by atoms with Crippen LogP contribution in [0.5, 0.6) is 0 Å². The Balaban J connectivity index is 1.87. The topological polar surface area (TPSA) is 39.1 Å².